The molecular formula is C12H17BrN2. The highest BCUT2D eigenvalue weighted by Crippen LogP contribution is 2.31. The highest BCUT2D eigenvalue weighted by molar-refractivity contribution is 9.10. The van der Waals surface area contributed by atoms with Crippen LogP contribution in [0.2, 0.25) is 0 Å². The molecule has 3 heteroatoms. The lowest BCUT2D eigenvalue weighted by atomic mass is 10.1. The van der Waals surface area contributed by atoms with Gasteiger partial charge in [0.15, 0.2) is 0 Å². The van der Waals surface area contributed by atoms with Crippen LogP contribution < -0.4 is 10.2 Å². The topological polar surface area (TPSA) is 15.3 Å². The fourth-order valence-corrected chi connectivity index (χ4v) is 2.36. The number of halogens is 1. The molecule has 2 nitrogen and oxygen atoms in total. The van der Waals surface area contributed by atoms with Gasteiger partial charge in [0, 0.05) is 24.1 Å². The number of rotatable bonds is 2. The molecule has 0 saturated heterocycles. The van der Waals surface area contributed by atoms with Crippen molar-refractivity contribution in [1.29, 1.82) is 0 Å². The van der Waals surface area contributed by atoms with Crippen molar-refractivity contribution < 1.29 is 0 Å². The van der Waals surface area contributed by atoms with Gasteiger partial charge in [-0.25, -0.2) is 0 Å². The first kappa shape index (κ1) is 10.8. The van der Waals surface area contributed by atoms with Crippen LogP contribution in [-0.4, -0.2) is 19.6 Å². The lowest BCUT2D eigenvalue weighted by Gasteiger charge is -2.33. The number of nitrogens with zero attached hydrogens (tertiary/aromatic N) is 1. The molecule has 2 rings (SSSR count). The van der Waals surface area contributed by atoms with Gasteiger partial charge in [0.25, 0.3) is 0 Å². The maximum absolute atomic E-state index is 3.50. The molecule has 0 aliphatic carbocycles. The summed E-state index contributed by atoms with van der Waals surface area (Å²) in [6, 6.07) is 6.45. The Labute approximate surface area is 99.8 Å². The summed E-state index contributed by atoms with van der Waals surface area (Å²) in [5.74, 6) is 0.708. The molecule has 0 unspecified atom stereocenters. The van der Waals surface area contributed by atoms with Gasteiger partial charge in [-0.3, -0.25) is 0 Å². The summed E-state index contributed by atoms with van der Waals surface area (Å²) in [6.45, 7) is 7.81. The third-order valence-electron chi connectivity index (χ3n) is 2.58. The van der Waals surface area contributed by atoms with Gasteiger partial charge in [-0.2, -0.15) is 0 Å². The van der Waals surface area contributed by atoms with E-state index in [1.54, 1.807) is 0 Å². The van der Waals surface area contributed by atoms with Gasteiger partial charge in [-0.05, 0) is 24.1 Å². The average molecular weight is 269 g/mol. The standard InChI is InChI=1S/C12H17BrN2/c1-9(2)8-15-6-5-14-11-7-10(13)3-4-12(11)15/h3-4,7,9,14H,5-6,8H2,1-2H3. The van der Waals surface area contributed by atoms with Gasteiger partial charge in [0.05, 0.1) is 11.4 Å². The molecule has 0 spiro atoms. The smallest absolute Gasteiger partial charge is 0.0603 e. The molecule has 0 saturated carbocycles. The number of hydrogen-bond acceptors (Lipinski definition) is 2. The molecule has 1 aliphatic rings. The van der Waals surface area contributed by atoms with Crippen molar-refractivity contribution in [1.82, 2.24) is 0 Å². The van der Waals surface area contributed by atoms with Crippen LogP contribution in [0.5, 0.6) is 0 Å². The minimum absolute atomic E-state index is 0.708. The van der Waals surface area contributed by atoms with Crippen molar-refractivity contribution in [2.75, 3.05) is 29.9 Å². The van der Waals surface area contributed by atoms with Crippen LogP contribution in [0.3, 0.4) is 0 Å². The van der Waals surface area contributed by atoms with Crippen molar-refractivity contribution in [3.8, 4) is 0 Å². The van der Waals surface area contributed by atoms with E-state index in [1.165, 1.54) is 11.4 Å². The molecule has 0 amide bonds. The zero-order valence-electron chi connectivity index (χ0n) is 9.26. The van der Waals surface area contributed by atoms with E-state index in [9.17, 15) is 0 Å². The number of nitrogens with one attached hydrogen (secondary N) is 1. The molecule has 0 aromatic heterocycles. The Morgan fingerprint density at radius 3 is 3.00 bits per heavy atom. The van der Waals surface area contributed by atoms with Crippen LogP contribution in [0.1, 0.15) is 13.8 Å². The molecule has 1 aliphatic heterocycles. The number of anilines is 2. The summed E-state index contributed by atoms with van der Waals surface area (Å²) in [5.41, 5.74) is 2.58. The molecule has 1 N–H and O–H groups in total. The second-order valence-corrected chi connectivity index (χ2v) is 5.34. The second kappa shape index (κ2) is 4.44. The number of fused-ring (bicyclic) bond motifs is 1. The largest absolute Gasteiger partial charge is 0.382 e. The van der Waals surface area contributed by atoms with E-state index in [0.717, 1.165) is 24.1 Å². The summed E-state index contributed by atoms with van der Waals surface area (Å²) in [7, 11) is 0. The monoisotopic (exact) mass is 268 g/mol. The van der Waals surface area contributed by atoms with Crippen molar-refractivity contribution >= 4 is 27.3 Å². The zero-order chi connectivity index (χ0) is 10.8. The summed E-state index contributed by atoms with van der Waals surface area (Å²) in [5, 5.41) is 3.43. The van der Waals surface area contributed by atoms with Crippen LogP contribution in [0.4, 0.5) is 11.4 Å². The Morgan fingerprint density at radius 2 is 2.27 bits per heavy atom. The van der Waals surface area contributed by atoms with Crippen molar-refractivity contribution in [3.05, 3.63) is 22.7 Å². The van der Waals surface area contributed by atoms with E-state index in [0.29, 0.717) is 5.92 Å². The Balaban J connectivity index is 2.26. The van der Waals surface area contributed by atoms with Crippen LogP contribution in [0.15, 0.2) is 22.7 Å². The summed E-state index contributed by atoms with van der Waals surface area (Å²) < 4.78 is 1.14. The fourth-order valence-electron chi connectivity index (χ4n) is 2.00. The number of hydrogen-bond donors (Lipinski definition) is 1. The van der Waals surface area contributed by atoms with Gasteiger partial charge in [-0.1, -0.05) is 29.8 Å². The normalized spacial score (nSPS) is 15.1. The van der Waals surface area contributed by atoms with Crippen LogP contribution >= 0.6 is 15.9 Å². The predicted octanol–water partition coefficient (Wildman–Crippen LogP) is 3.34. The quantitative estimate of drug-likeness (QED) is 0.885. The molecule has 1 aromatic carbocycles. The maximum Gasteiger partial charge on any atom is 0.0603 e. The highest BCUT2D eigenvalue weighted by Gasteiger charge is 2.16. The first-order valence-electron chi connectivity index (χ1n) is 5.45. The van der Waals surface area contributed by atoms with E-state index in [2.05, 4.69) is 58.2 Å². The van der Waals surface area contributed by atoms with Gasteiger partial charge in [-0.15, -0.1) is 0 Å². The maximum atomic E-state index is 3.50. The molecule has 1 heterocycles. The SMILES string of the molecule is CC(C)CN1CCNc2cc(Br)ccc21. The number of benzene rings is 1. The first-order valence-corrected chi connectivity index (χ1v) is 6.24. The summed E-state index contributed by atoms with van der Waals surface area (Å²) >= 11 is 3.50. The Hall–Kier alpha value is -0.700. The first-order chi connectivity index (χ1) is 7.16. The Kier molecular flexibility index (Phi) is 3.19. The van der Waals surface area contributed by atoms with Gasteiger partial charge in [0.1, 0.15) is 0 Å². The minimum Gasteiger partial charge on any atom is -0.382 e. The molecule has 0 fully saturated rings. The summed E-state index contributed by atoms with van der Waals surface area (Å²) in [6.07, 6.45) is 0. The van der Waals surface area contributed by atoms with E-state index in [-0.39, 0.29) is 0 Å². The van der Waals surface area contributed by atoms with Crippen molar-refractivity contribution in [3.63, 3.8) is 0 Å². The van der Waals surface area contributed by atoms with E-state index in [1.807, 2.05) is 0 Å². The van der Waals surface area contributed by atoms with E-state index >= 15 is 0 Å². The molecule has 0 bridgehead atoms. The average Bonchev–Trinajstić information content (AvgIpc) is 2.16. The van der Waals surface area contributed by atoms with Gasteiger partial charge >= 0.3 is 0 Å². The van der Waals surface area contributed by atoms with Crippen LogP contribution in [-0.2, 0) is 0 Å². The van der Waals surface area contributed by atoms with Crippen LogP contribution in [0, 0.1) is 5.92 Å². The molecular weight excluding hydrogens is 252 g/mol. The summed E-state index contributed by atoms with van der Waals surface area (Å²) in [4.78, 5) is 2.46. The Morgan fingerprint density at radius 1 is 1.47 bits per heavy atom. The Bertz CT molecular complexity index is 349. The molecule has 0 radical (unpaired) electrons. The molecule has 15 heavy (non-hydrogen) atoms. The van der Waals surface area contributed by atoms with Crippen molar-refractivity contribution in [2.45, 2.75) is 13.8 Å². The highest BCUT2D eigenvalue weighted by atomic mass is 79.9. The molecule has 82 valence electrons. The van der Waals surface area contributed by atoms with Gasteiger partial charge in [0.2, 0.25) is 0 Å². The third kappa shape index (κ3) is 2.46. The fraction of sp³-hybridized carbons (Fsp3) is 0.500. The zero-order valence-corrected chi connectivity index (χ0v) is 10.8. The minimum atomic E-state index is 0.708. The van der Waals surface area contributed by atoms with E-state index < -0.39 is 0 Å². The lowest BCUT2D eigenvalue weighted by molar-refractivity contribution is 0.610. The molecule has 0 atom stereocenters. The van der Waals surface area contributed by atoms with E-state index in [4.69, 9.17) is 0 Å². The van der Waals surface area contributed by atoms with Crippen LogP contribution in [0.25, 0.3) is 0 Å². The molecule has 1 aromatic rings. The third-order valence-corrected chi connectivity index (χ3v) is 3.08. The predicted molar refractivity (Wildman–Crippen MR) is 69.7 cm³/mol. The lowest BCUT2D eigenvalue weighted by Crippen LogP contribution is -2.36. The second-order valence-electron chi connectivity index (χ2n) is 4.43. The van der Waals surface area contributed by atoms with Gasteiger partial charge < -0.3 is 10.2 Å². The van der Waals surface area contributed by atoms with Crippen molar-refractivity contribution in [2.24, 2.45) is 5.92 Å².